The largest absolute Gasteiger partial charge is 0.481 e. The summed E-state index contributed by atoms with van der Waals surface area (Å²) in [7, 11) is 0. The second-order valence-corrected chi connectivity index (χ2v) is 5.56. The Morgan fingerprint density at radius 1 is 1.24 bits per heavy atom. The Labute approximate surface area is 124 Å². The fourth-order valence-corrected chi connectivity index (χ4v) is 2.64. The predicted octanol–water partition coefficient (Wildman–Crippen LogP) is 2.15. The lowest BCUT2D eigenvalue weighted by molar-refractivity contribution is -0.147. The maximum Gasteiger partial charge on any atom is 0.307 e. The Hall–Kier alpha value is -2.17. The van der Waals surface area contributed by atoms with Gasteiger partial charge in [0.2, 0.25) is 5.91 Å². The molecule has 0 spiro atoms. The molecule has 1 amide bonds. The van der Waals surface area contributed by atoms with Gasteiger partial charge in [-0.2, -0.15) is 0 Å². The molecular weight excluding hydrogens is 268 g/mol. The molecular formula is C16H20N2O3. The molecule has 1 aliphatic rings. The number of rotatable bonds is 4. The number of carboxylic acids is 1. The fraction of sp³-hybridized carbons (Fsp3) is 0.438. The molecule has 0 aliphatic heterocycles. The summed E-state index contributed by atoms with van der Waals surface area (Å²) < 4.78 is 0. The van der Waals surface area contributed by atoms with E-state index in [0.717, 1.165) is 16.8 Å². The van der Waals surface area contributed by atoms with Crippen molar-refractivity contribution in [3.63, 3.8) is 0 Å². The zero-order chi connectivity index (χ0) is 15.4. The normalized spacial score (nSPS) is 22.0. The summed E-state index contributed by atoms with van der Waals surface area (Å²) in [5, 5.41) is 12.1. The van der Waals surface area contributed by atoms with Gasteiger partial charge in [0.1, 0.15) is 0 Å². The number of carboxylic acid groups (broad SMARTS) is 1. The van der Waals surface area contributed by atoms with Crippen molar-refractivity contribution in [2.45, 2.75) is 33.2 Å². The summed E-state index contributed by atoms with van der Waals surface area (Å²) in [5.74, 6) is -2.26. The van der Waals surface area contributed by atoms with Crippen LogP contribution in [0.15, 0.2) is 35.5 Å². The van der Waals surface area contributed by atoms with Gasteiger partial charge in [-0.25, -0.2) is 0 Å². The molecule has 5 heteroatoms. The lowest BCUT2D eigenvalue weighted by Gasteiger charge is -2.29. The third-order valence-electron chi connectivity index (χ3n) is 4.09. The van der Waals surface area contributed by atoms with E-state index in [4.69, 9.17) is 0 Å². The van der Waals surface area contributed by atoms with Crippen molar-refractivity contribution in [3.8, 4) is 0 Å². The average molecular weight is 288 g/mol. The smallest absolute Gasteiger partial charge is 0.307 e. The highest BCUT2D eigenvalue weighted by molar-refractivity contribution is 5.85. The number of aliphatic carboxylic acids is 1. The van der Waals surface area contributed by atoms with Crippen LogP contribution >= 0.6 is 0 Å². The molecule has 1 aromatic rings. The van der Waals surface area contributed by atoms with E-state index in [9.17, 15) is 14.7 Å². The van der Waals surface area contributed by atoms with E-state index in [1.165, 1.54) is 0 Å². The van der Waals surface area contributed by atoms with Crippen LogP contribution in [0.4, 0.5) is 0 Å². The van der Waals surface area contributed by atoms with Crippen molar-refractivity contribution in [2.24, 2.45) is 11.8 Å². The van der Waals surface area contributed by atoms with Crippen LogP contribution in [0.1, 0.15) is 32.4 Å². The number of hydrogen-bond donors (Lipinski definition) is 2. The molecule has 0 aromatic carbocycles. The van der Waals surface area contributed by atoms with Crippen molar-refractivity contribution in [1.82, 2.24) is 10.3 Å². The van der Waals surface area contributed by atoms with E-state index in [1.807, 2.05) is 32.0 Å². The van der Waals surface area contributed by atoms with Crippen LogP contribution in [0.5, 0.6) is 0 Å². The molecule has 5 nitrogen and oxygen atoms in total. The Morgan fingerprint density at radius 2 is 1.90 bits per heavy atom. The maximum atomic E-state index is 12.3. The van der Waals surface area contributed by atoms with Crippen molar-refractivity contribution < 1.29 is 14.7 Å². The first-order chi connectivity index (χ1) is 9.99. The summed E-state index contributed by atoms with van der Waals surface area (Å²) in [6, 6.07) is 5.49. The van der Waals surface area contributed by atoms with Crippen LogP contribution < -0.4 is 5.32 Å². The van der Waals surface area contributed by atoms with E-state index in [2.05, 4.69) is 10.3 Å². The standard InChI is InChI=1S/C16H20N2O3/c1-10-7-13(14(16(20)21)8-11(10)2)15(19)18-9-12-5-3-4-6-17-12/h3-6,13-14H,7-9H2,1-2H3,(H,18,19)(H,20,21)/t13-,14-/m0/s1. The van der Waals surface area contributed by atoms with Gasteiger partial charge < -0.3 is 10.4 Å². The first-order valence-electron chi connectivity index (χ1n) is 7.04. The highest BCUT2D eigenvalue weighted by Gasteiger charge is 2.37. The number of carbonyl (C=O) groups is 2. The Kier molecular flexibility index (Phi) is 4.73. The second-order valence-electron chi connectivity index (χ2n) is 5.56. The van der Waals surface area contributed by atoms with Crippen LogP contribution in [0.3, 0.4) is 0 Å². The van der Waals surface area contributed by atoms with Gasteiger partial charge in [-0.15, -0.1) is 0 Å². The third-order valence-corrected chi connectivity index (χ3v) is 4.09. The fourth-order valence-electron chi connectivity index (χ4n) is 2.64. The van der Waals surface area contributed by atoms with Gasteiger partial charge in [0.05, 0.1) is 24.1 Å². The van der Waals surface area contributed by atoms with Crippen molar-refractivity contribution in [3.05, 3.63) is 41.2 Å². The zero-order valence-electron chi connectivity index (χ0n) is 12.3. The number of aromatic nitrogens is 1. The van der Waals surface area contributed by atoms with E-state index < -0.39 is 17.8 Å². The number of pyridine rings is 1. The van der Waals surface area contributed by atoms with Gasteiger partial charge in [0, 0.05) is 6.20 Å². The lowest BCUT2D eigenvalue weighted by Crippen LogP contribution is -2.39. The molecule has 1 heterocycles. The van der Waals surface area contributed by atoms with E-state index >= 15 is 0 Å². The summed E-state index contributed by atoms with van der Waals surface area (Å²) >= 11 is 0. The highest BCUT2D eigenvalue weighted by atomic mass is 16.4. The minimum atomic E-state index is -0.903. The third kappa shape index (κ3) is 3.68. The van der Waals surface area contributed by atoms with E-state index in [-0.39, 0.29) is 5.91 Å². The quantitative estimate of drug-likeness (QED) is 0.832. The minimum Gasteiger partial charge on any atom is -0.481 e. The zero-order valence-corrected chi connectivity index (χ0v) is 12.3. The molecule has 0 bridgehead atoms. The number of allylic oxidation sites excluding steroid dienone is 2. The average Bonchev–Trinajstić information content (AvgIpc) is 2.48. The molecule has 21 heavy (non-hydrogen) atoms. The van der Waals surface area contributed by atoms with Crippen LogP contribution in [-0.4, -0.2) is 22.0 Å². The molecule has 0 radical (unpaired) electrons. The molecule has 1 aliphatic carbocycles. The van der Waals surface area contributed by atoms with Gasteiger partial charge in [-0.1, -0.05) is 17.2 Å². The molecule has 112 valence electrons. The summed E-state index contributed by atoms with van der Waals surface area (Å²) in [6.07, 6.45) is 2.62. The topological polar surface area (TPSA) is 79.3 Å². The second kappa shape index (κ2) is 6.52. The molecule has 0 unspecified atom stereocenters. The maximum absolute atomic E-state index is 12.3. The van der Waals surface area contributed by atoms with Crippen molar-refractivity contribution >= 4 is 11.9 Å². The summed E-state index contributed by atoms with van der Waals surface area (Å²) in [5.41, 5.74) is 2.96. The molecule has 2 atom stereocenters. The SMILES string of the molecule is CC1=C(C)C[C@H](C(=O)NCc2ccccn2)[C@@H](C(=O)O)C1. The van der Waals surface area contributed by atoms with E-state index in [1.54, 1.807) is 6.20 Å². The molecule has 0 saturated carbocycles. The number of carbonyl (C=O) groups excluding carboxylic acids is 1. The van der Waals surface area contributed by atoms with Crippen LogP contribution in [0, 0.1) is 11.8 Å². The van der Waals surface area contributed by atoms with Crippen molar-refractivity contribution in [2.75, 3.05) is 0 Å². The Balaban J connectivity index is 2.04. The van der Waals surface area contributed by atoms with Gasteiger partial charge in [-0.05, 0) is 38.8 Å². The first-order valence-corrected chi connectivity index (χ1v) is 7.04. The summed E-state index contributed by atoms with van der Waals surface area (Å²) in [4.78, 5) is 27.8. The number of nitrogens with zero attached hydrogens (tertiary/aromatic N) is 1. The molecule has 2 N–H and O–H groups in total. The Morgan fingerprint density at radius 3 is 2.48 bits per heavy atom. The van der Waals surface area contributed by atoms with Gasteiger partial charge in [0.25, 0.3) is 0 Å². The number of nitrogens with one attached hydrogen (secondary N) is 1. The predicted molar refractivity (Wildman–Crippen MR) is 78.3 cm³/mol. The molecule has 0 saturated heterocycles. The number of amides is 1. The van der Waals surface area contributed by atoms with Gasteiger partial charge in [-0.3, -0.25) is 14.6 Å². The highest BCUT2D eigenvalue weighted by Crippen LogP contribution is 2.34. The number of hydrogen-bond acceptors (Lipinski definition) is 3. The minimum absolute atomic E-state index is 0.208. The van der Waals surface area contributed by atoms with Crippen LogP contribution in [0.2, 0.25) is 0 Å². The monoisotopic (exact) mass is 288 g/mol. The Bertz CT molecular complexity index is 566. The van der Waals surface area contributed by atoms with Crippen LogP contribution in [0.25, 0.3) is 0 Å². The molecule has 2 rings (SSSR count). The molecule has 1 aromatic heterocycles. The van der Waals surface area contributed by atoms with Gasteiger partial charge in [0.15, 0.2) is 0 Å². The molecule has 0 fully saturated rings. The van der Waals surface area contributed by atoms with E-state index in [0.29, 0.717) is 19.4 Å². The first kappa shape index (κ1) is 15.2. The van der Waals surface area contributed by atoms with Gasteiger partial charge >= 0.3 is 5.97 Å². The summed E-state index contributed by atoms with van der Waals surface area (Å²) in [6.45, 7) is 4.23. The van der Waals surface area contributed by atoms with Crippen LogP contribution in [-0.2, 0) is 16.1 Å². The van der Waals surface area contributed by atoms with Crippen molar-refractivity contribution in [1.29, 1.82) is 0 Å². The lowest BCUT2D eigenvalue weighted by atomic mass is 9.76.